The normalized spacial score (nSPS) is 19.6. The monoisotopic (exact) mass is 768 g/mol. The van der Waals surface area contributed by atoms with Crippen LogP contribution in [0.15, 0.2) is 117 Å². The molecule has 8 nitrogen and oxygen atoms in total. The van der Waals surface area contributed by atoms with Crippen LogP contribution in [0.2, 0.25) is 0 Å². The number of rotatable bonds is 8. The number of aryl methyl sites for hydroxylation is 2. The first-order valence-electron chi connectivity index (χ1n) is 20.0. The van der Waals surface area contributed by atoms with Crippen molar-refractivity contribution >= 4 is 22.9 Å². The molecule has 4 heterocycles. The average Bonchev–Trinajstić information content (AvgIpc) is 3.18. The molecule has 57 heavy (non-hydrogen) atoms. The van der Waals surface area contributed by atoms with Crippen molar-refractivity contribution in [3.05, 3.63) is 158 Å². The molecule has 0 radical (unpaired) electrons. The van der Waals surface area contributed by atoms with Gasteiger partial charge in [-0.25, -0.2) is 9.59 Å². The van der Waals surface area contributed by atoms with Crippen LogP contribution in [0.5, 0.6) is 5.75 Å². The summed E-state index contributed by atoms with van der Waals surface area (Å²) in [6, 6.07) is 33.0. The minimum Gasteiger partial charge on any atom is -0.483 e. The number of carbonyl (C=O) groups is 2. The molecule has 4 aromatic carbocycles. The van der Waals surface area contributed by atoms with Crippen molar-refractivity contribution in [3.8, 4) is 5.75 Å². The third-order valence-electron chi connectivity index (χ3n) is 11.3. The fourth-order valence-electron chi connectivity index (χ4n) is 8.14. The summed E-state index contributed by atoms with van der Waals surface area (Å²) in [5, 5.41) is 0.636. The van der Waals surface area contributed by atoms with Gasteiger partial charge in [-0.1, -0.05) is 84.4 Å². The molecule has 1 aromatic heterocycles. The number of ether oxygens (including phenoxy) is 4. The molecular weight excluding hydrogens is 717 g/mol. The molecule has 2 bridgehead atoms. The SMILES string of the molecule is COCCc1cc2ccc3c(c2oc1=O)C1OC(=O)CC(CCc2cccc(Cc4ccccc4)c2)Cc2ccc(cc2)CCC(=C(C)C)C(=O)OC1C(C)(C)O3. The van der Waals surface area contributed by atoms with Crippen molar-refractivity contribution < 1.29 is 33.0 Å². The highest BCUT2D eigenvalue weighted by molar-refractivity contribution is 5.90. The lowest BCUT2D eigenvalue weighted by Gasteiger charge is -2.43. The summed E-state index contributed by atoms with van der Waals surface area (Å²) in [6.07, 6.45) is 2.56. The topological polar surface area (TPSA) is 101 Å². The predicted molar refractivity (Wildman–Crippen MR) is 220 cm³/mol. The Kier molecular flexibility index (Phi) is 12.1. The fraction of sp³-hybridized carbons (Fsp3) is 0.367. The quantitative estimate of drug-likeness (QED) is 0.0875. The van der Waals surface area contributed by atoms with Gasteiger partial charge >= 0.3 is 17.6 Å². The summed E-state index contributed by atoms with van der Waals surface area (Å²) in [6.45, 7) is 7.79. The minimum absolute atomic E-state index is 0.0478. The largest absolute Gasteiger partial charge is 0.483 e. The molecule has 8 rings (SSSR count). The molecule has 0 amide bonds. The van der Waals surface area contributed by atoms with Crippen LogP contribution in [-0.4, -0.2) is 37.4 Å². The molecular formula is C49H52O8. The molecule has 0 fully saturated rings. The van der Waals surface area contributed by atoms with Gasteiger partial charge in [0.25, 0.3) is 0 Å². The van der Waals surface area contributed by atoms with E-state index < -0.39 is 35.4 Å². The van der Waals surface area contributed by atoms with E-state index in [-0.39, 0.29) is 17.9 Å². The first-order valence-corrected chi connectivity index (χ1v) is 20.0. The van der Waals surface area contributed by atoms with E-state index in [0.29, 0.717) is 60.1 Å². The summed E-state index contributed by atoms with van der Waals surface area (Å²) in [4.78, 5) is 41.9. The van der Waals surface area contributed by atoms with E-state index in [1.54, 1.807) is 19.2 Å². The first-order chi connectivity index (χ1) is 27.5. The Morgan fingerprint density at radius 3 is 2.26 bits per heavy atom. The number of fused-ring (bicyclic) bond motifs is 13. The Balaban J connectivity index is 1.25. The second kappa shape index (κ2) is 17.3. The lowest BCUT2D eigenvalue weighted by Crippen LogP contribution is -2.52. The molecule has 3 atom stereocenters. The summed E-state index contributed by atoms with van der Waals surface area (Å²) in [5.74, 6) is -0.585. The van der Waals surface area contributed by atoms with Crippen LogP contribution in [0.1, 0.15) is 92.0 Å². The number of hydrogen-bond acceptors (Lipinski definition) is 8. The molecule has 3 unspecified atom stereocenters. The number of benzene rings is 4. The van der Waals surface area contributed by atoms with Crippen LogP contribution in [0.4, 0.5) is 0 Å². The Morgan fingerprint density at radius 2 is 1.51 bits per heavy atom. The predicted octanol–water partition coefficient (Wildman–Crippen LogP) is 9.40. The maximum atomic E-state index is 14.4. The molecule has 5 aromatic rings. The lowest BCUT2D eigenvalue weighted by molar-refractivity contribution is -0.188. The van der Waals surface area contributed by atoms with E-state index in [9.17, 15) is 14.4 Å². The van der Waals surface area contributed by atoms with E-state index >= 15 is 0 Å². The maximum absolute atomic E-state index is 14.4. The van der Waals surface area contributed by atoms with Crippen molar-refractivity contribution in [2.75, 3.05) is 13.7 Å². The van der Waals surface area contributed by atoms with Crippen LogP contribution in [-0.2, 0) is 55.9 Å². The van der Waals surface area contributed by atoms with Gasteiger partial charge in [0, 0.05) is 36.5 Å². The van der Waals surface area contributed by atoms with E-state index in [1.165, 1.54) is 16.7 Å². The third kappa shape index (κ3) is 9.40. The Labute approximate surface area is 334 Å². The Morgan fingerprint density at radius 1 is 0.772 bits per heavy atom. The number of allylic oxidation sites excluding steroid dienone is 1. The van der Waals surface area contributed by atoms with Gasteiger partial charge in [-0.15, -0.1) is 0 Å². The zero-order valence-electron chi connectivity index (χ0n) is 33.6. The zero-order valence-corrected chi connectivity index (χ0v) is 33.6. The van der Waals surface area contributed by atoms with Crippen molar-refractivity contribution in [1.82, 2.24) is 0 Å². The lowest BCUT2D eigenvalue weighted by atomic mass is 9.86. The molecule has 8 heteroatoms. The first kappa shape index (κ1) is 39.8. The van der Waals surface area contributed by atoms with Crippen LogP contribution in [0.25, 0.3) is 11.0 Å². The Bertz CT molecular complexity index is 2310. The third-order valence-corrected chi connectivity index (χ3v) is 11.3. The van der Waals surface area contributed by atoms with E-state index in [0.717, 1.165) is 36.0 Å². The fourth-order valence-corrected chi connectivity index (χ4v) is 8.14. The number of carbonyl (C=O) groups excluding carboxylic acids is 2. The standard InChI is InChI=1S/C49H52O8/c1-31(2)40-22-20-32-14-16-35(17-15-32)28-37(19-18-34-12-9-13-36(27-34)26-33-10-7-6-8-11-33)29-42(50)54-45-43-41(57-49(3,4)46(45)56-48(40)52)23-21-38-30-39(24-25-53-5)47(51)55-44(38)43/h6-17,21,23,27,30,37,45-46H,18-20,22,24-26,28-29H2,1-5H3. The molecule has 296 valence electrons. The van der Waals surface area contributed by atoms with E-state index in [2.05, 4.69) is 72.8 Å². The van der Waals surface area contributed by atoms with Gasteiger partial charge in [0.05, 0.1) is 12.2 Å². The maximum Gasteiger partial charge on any atom is 0.339 e. The van der Waals surface area contributed by atoms with Crippen LogP contribution >= 0.6 is 0 Å². The van der Waals surface area contributed by atoms with Crippen molar-refractivity contribution in [2.24, 2.45) is 5.92 Å². The van der Waals surface area contributed by atoms with Gasteiger partial charge in [0.2, 0.25) is 0 Å². The van der Waals surface area contributed by atoms with Gasteiger partial charge < -0.3 is 23.4 Å². The van der Waals surface area contributed by atoms with Gasteiger partial charge in [-0.05, 0) is 118 Å². The molecule has 3 aliphatic rings. The highest BCUT2D eigenvalue weighted by Crippen LogP contribution is 2.47. The van der Waals surface area contributed by atoms with Gasteiger partial charge in [-0.3, -0.25) is 4.79 Å². The van der Waals surface area contributed by atoms with Crippen molar-refractivity contribution in [3.63, 3.8) is 0 Å². The number of hydrogen-bond donors (Lipinski definition) is 0. The van der Waals surface area contributed by atoms with Crippen molar-refractivity contribution in [1.29, 1.82) is 0 Å². The Hall–Kier alpha value is -5.47. The molecule has 3 aliphatic heterocycles. The van der Waals surface area contributed by atoms with E-state index in [1.807, 2.05) is 39.8 Å². The summed E-state index contributed by atoms with van der Waals surface area (Å²) < 4.78 is 30.6. The molecule has 0 N–H and O–H groups in total. The molecule has 0 aliphatic carbocycles. The van der Waals surface area contributed by atoms with Crippen LogP contribution < -0.4 is 10.4 Å². The smallest absolute Gasteiger partial charge is 0.339 e. The summed E-state index contributed by atoms with van der Waals surface area (Å²) >= 11 is 0. The molecule has 0 spiro atoms. The number of methoxy groups -OCH3 is 1. The zero-order chi connectivity index (χ0) is 40.1. The van der Waals surface area contributed by atoms with Crippen molar-refractivity contribution in [2.45, 2.75) is 96.9 Å². The highest BCUT2D eigenvalue weighted by Gasteiger charge is 2.50. The molecule has 0 saturated heterocycles. The second-order valence-electron chi connectivity index (χ2n) is 16.2. The van der Waals surface area contributed by atoms with Crippen LogP contribution in [0.3, 0.4) is 0 Å². The number of esters is 2. The van der Waals surface area contributed by atoms with Crippen LogP contribution in [0, 0.1) is 5.92 Å². The summed E-state index contributed by atoms with van der Waals surface area (Å²) in [5.41, 5.74) is 6.80. The van der Waals surface area contributed by atoms with Gasteiger partial charge in [0.15, 0.2) is 12.2 Å². The summed E-state index contributed by atoms with van der Waals surface area (Å²) in [7, 11) is 1.58. The van der Waals surface area contributed by atoms with Gasteiger partial charge in [-0.2, -0.15) is 0 Å². The average molecular weight is 769 g/mol. The highest BCUT2D eigenvalue weighted by atomic mass is 16.6. The minimum atomic E-state index is -1.11. The molecule has 0 saturated carbocycles. The van der Waals surface area contributed by atoms with E-state index in [4.69, 9.17) is 23.4 Å². The second-order valence-corrected chi connectivity index (χ2v) is 16.2. The van der Waals surface area contributed by atoms with Gasteiger partial charge in [0.1, 0.15) is 16.9 Å².